The summed E-state index contributed by atoms with van der Waals surface area (Å²) in [7, 11) is 0. The van der Waals surface area contributed by atoms with Gasteiger partial charge in [0.2, 0.25) is 11.6 Å². The summed E-state index contributed by atoms with van der Waals surface area (Å²) in [4.78, 5) is 17.0. The first-order valence-corrected chi connectivity index (χ1v) is 21.8. The maximum atomic E-state index is 15.1. The van der Waals surface area contributed by atoms with E-state index < -0.39 is 58.4 Å². The van der Waals surface area contributed by atoms with Gasteiger partial charge in [0.05, 0.1) is 24.0 Å². The minimum absolute atomic E-state index is 0.156. The number of aryl methyl sites for hydroxylation is 6. The molecule has 0 unspecified atom stereocenters. The fourth-order valence-electron chi connectivity index (χ4n) is 8.87. The molecule has 0 spiro atoms. The van der Waals surface area contributed by atoms with Gasteiger partial charge in [0.15, 0.2) is 11.7 Å². The minimum Gasteiger partial charge on any atom is -0.306 e. The highest BCUT2D eigenvalue weighted by atomic mass is 19.2. The van der Waals surface area contributed by atoms with Crippen molar-refractivity contribution in [3.63, 3.8) is 0 Å². The van der Waals surface area contributed by atoms with Crippen LogP contribution in [0.5, 0.6) is 0 Å². The van der Waals surface area contributed by atoms with Gasteiger partial charge < -0.3 is 9.13 Å². The van der Waals surface area contributed by atoms with E-state index in [4.69, 9.17) is 0 Å². The second kappa shape index (κ2) is 18.6. The molecule has 4 aromatic carbocycles. The Morgan fingerprint density at radius 1 is 0.544 bits per heavy atom. The van der Waals surface area contributed by atoms with Crippen molar-refractivity contribution < 1.29 is 35.1 Å². The van der Waals surface area contributed by atoms with Crippen molar-refractivity contribution in [2.24, 2.45) is 0 Å². The number of nitrogens with zero attached hydrogens (tertiary/aromatic N) is 10. The molecular weight excluding hydrogens is 893 g/mol. The zero-order valence-electron chi connectivity index (χ0n) is 37.1. The van der Waals surface area contributed by atoms with Crippen LogP contribution in [-0.4, -0.2) is 48.6 Å². The normalized spacial score (nSPS) is 16.1. The number of imidazole rings is 2. The molecule has 0 bridgehead atoms. The Labute approximate surface area is 385 Å². The number of benzene rings is 4. The Hall–Kier alpha value is -7.50. The smallest absolute Gasteiger partial charge is 0.210 e. The van der Waals surface area contributed by atoms with Crippen molar-refractivity contribution in [2.45, 2.75) is 78.3 Å². The van der Waals surface area contributed by atoms with Crippen LogP contribution in [0.25, 0.3) is 35.2 Å². The lowest BCUT2D eigenvalue weighted by Gasteiger charge is -2.23. The van der Waals surface area contributed by atoms with Gasteiger partial charge in [-0.2, -0.15) is 0 Å². The first-order valence-electron chi connectivity index (χ1n) is 21.8. The number of fused-ring (bicyclic) bond motifs is 2. The van der Waals surface area contributed by atoms with E-state index in [1.165, 1.54) is 21.5 Å². The van der Waals surface area contributed by atoms with E-state index >= 15 is 8.78 Å². The second-order valence-electron chi connectivity index (χ2n) is 16.9. The molecule has 4 aromatic heterocycles. The van der Waals surface area contributed by atoms with E-state index in [-0.39, 0.29) is 34.4 Å². The van der Waals surface area contributed by atoms with Crippen LogP contribution in [0.15, 0.2) is 85.7 Å². The van der Waals surface area contributed by atoms with Crippen LogP contribution in [0.2, 0.25) is 0 Å². The van der Waals surface area contributed by atoms with Crippen LogP contribution in [0, 0.1) is 62.6 Å². The molecular formula is C50H42F8N10. The predicted octanol–water partition coefficient (Wildman–Crippen LogP) is 11.8. The third kappa shape index (κ3) is 9.26. The number of hydrogen-bond acceptors (Lipinski definition) is 6. The van der Waals surface area contributed by atoms with Crippen molar-refractivity contribution >= 4 is 23.8 Å². The maximum Gasteiger partial charge on any atom is 0.210 e. The number of halogens is 8. The van der Waals surface area contributed by atoms with Crippen molar-refractivity contribution in [1.29, 1.82) is 0 Å². The Morgan fingerprint density at radius 2 is 0.926 bits per heavy atom. The van der Waals surface area contributed by atoms with Gasteiger partial charge in [0.25, 0.3) is 0 Å². The highest BCUT2D eigenvalue weighted by Crippen LogP contribution is 2.38. The summed E-state index contributed by atoms with van der Waals surface area (Å²) < 4.78 is 121. The van der Waals surface area contributed by atoms with E-state index in [0.29, 0.717) is 74.2 Å². The molecule has 8 aromatic rings. The predicted molar refractivity (Wildman–Crippen MR) is 239 cm³/mol. The fraction of sp³-hybridized carbons (Fsp3) is 0.240. The first-order chi connectivity index (χ1) is 32.6. The van der Waals surface area contributed by atoms with Gasteiger partial charge in [-0.05, 0) is 112 Å². The molecule has 0 fully saturated rings. The van der Waals surface area contributed by atoms with Gasteiger partial charge in [-0.3, -0.25) is 0 Å². The number of rotatable bonds is 8. The molecule has 68 heavy (non-hydrogen) atoms. The van der Waals surface area contributed by atoms with Crippen LogP contribution in [0.4, 0.5) is 35.1 Å². The van der Waals surface area contributed by atoms with Crippen molar-refractivity contribution in [3.8, 4) is 11.4 Å². The lowest BCUT2D eigenvalue weighted by atomic mass is 9.90. The standard InChI is InChI=1S/2C25H21F4N5/c2*1-14-8-16(5-6-22(14)33-12-15(2)30-13-33)9-21(29)24-31-25-18(4-3-7-34(25)32-24)23-19(27)10-17(26)11-20(23)28/h2*5-6,8-13,18H,3-4,7H2,1-2H3/b2*21-9-/t2*18-/m10/s1. The SMILES string of the molecule is Cc1cn(-c2ccc(/C=C(\F)c3nc4n(n3)CCC[C@@H]4c3c(F)cc(F)cc3F)cc2C)cn1.Cc1cn(-c2ccc(/C=C(\F)c3nc4n(n3)CCC[C@H]4c3c(F)cc(F)cc3F)cc2C)cn1. The van der Waals surface area contributed by atoms with Gasteiger partial charge in [-0.1, -0.05) is 12.1 Å². The van der Waals surface area contributed by atoms with E-state index in [1.54, 1.807) is 24.8 Å². The molecule has 0 saturated carbocycles. The lowest BCUT2D eigenvalue weighted by molar-refractivity contribution is 0.420. The van der Waals surface area contributed by atoms with E-state index in [2.05, 4.69) is 30.1 Å². The Morgan fingerprint density at radius 3 is 1.26 bits per heavy atom. The van der Waals surface area contributed by atoms with Crippen LogP contribution < -0.4 is 0 Å². The van der Waals surface area contributed by atoms with E-state index in [0.717, 1.165) is 33.9 Å². The molecule has 2 aliphatic heterocycles. The molecule has 0 radical (unpaired) electrons. The minimum atomic E-state index is -0.991. The number of aromatic nitrogens is 10. The Bertz CT molecular complexity index is 3010. The summed E-state index contributed by atoms with van der Waals surface area (Å²) in [5, 5.41) is 8.44. The van der Waals surface area contributed by atoms with Crippen molar-refractivity contribution in [3.05, 3.63) is 189 Å². The molecule has 6 heterocycles. The average Bonchev–Trinajstić information content (AvgIpc) is 4.11. The zero-order valence-corrected chi connectivity index (χ0v) is 37.1. The summed E-state index contributed by atoms with van der Waals surface area (Å²) >= 11 is 0. The fourth-order valence-corrected chi connectivity index (χ4v) is 8.87. The molecule has 348 valence electrons. The van der Waals surface area contributed by atoms with Gasteiger partial charge in [0.1, 0.15) is 46.6 Å². The van der Waals surface area contributed by atoms with Crippen molar-refractivity contribution in [1.82, 2.24) is 48.6 Å². The molecule has 0 saturated heterocycles. The molecule has 10 nitrogen and oxygen atoms in total. The van der Waals surface area contributed by atoms with Gasteiger partial charge in [0, 0.05) is 84.1 Å². The summed E-state index contributed by atoms with van der Waals surface area (Å²) in [6, 6.07) is 13.6. The average molecular weight is 935 g/mol. The summed E-state index contributed by atoms with van der Waals surface area (Å²) in [6.45, 7) is 8.55. The molecule has 2 aliphatic rings. The monoisotopic (exact) mass is 934 g/mol. The van der Waals surface area contributed by atoms with Crippen molar-refractivity contribution in [2.75, 3.05) is 0 Å². The highest BCUT2D eigenvalue weighted by Gasteiger charge is 2.33. The van der Waals surface area contributed by atoms with E-state index in [1.807, 2.05) is 73.5 Å². The lowest BCUT2D eigenvalue weighted by Crippen LogP contribution is -2.20. The summed E-state index contributed by atoms with van der Waals surface area (Å²) in [5.74, 6) is -8.59. The van der Waals surface area contributed by atoms with Gasteiger partial charge in [-0.15, -0.1) is 10.2 Å². The van der Waals surface area contributed by atoms with E-state index in [9.17, 15) is 26.3 Å². The van der Waals surface area contributed by atoms with Gasteiger partial charge >= 0.3 is 0 Å². The molecule has 10 rings (SSSR count). The topological polar surface area (TPSA) is 97.1 Å². The summed E-state index contributed by atoms with van der Waals surface area (Å²) in [6.07, 6.45) is 11.9. The van der Waals surface area contributed by atoms with Crippen LogP contribution in [-0.2, 0) is 13.1 Å². The third-order valence-electron chi connectivity index (χ3n) is 12.0. The molecule has 0 aliphatic carbocycles. The maximum absolute atomic E-state index is 15.1. The molecule has 2 atom stereocenters. The molecule has 18 heteroatoms. The molecule has 0 amide bonds. The Kier molecular flexibility index (Phi) is 12.5. The molecule has 0 N–H and O–H groups in total. The largest absolute Gasteiger partial charge is 0.306 e. The van der Waals surface area contributed by atoms with Crippen LogP contribution >= 0.6 is 0 Å². The highest BCUT2D eigenvalue weighted by molar-refractivity contribution is 5.75. The van der Waals surface area contributed by atoms with Crippen LogP contribution in [0.1, 0.15) is 106 Å². The zero-order chi connectivity index (χ0) is 48.0. The second-order valence-corrected chi connectivity index (χ2v) is 16.9. The first kappa shape index (κ1) is 45.6. The summed E-state index contributed by atoms with van der Waals surface area (Å²) in [5.41, 5.74) is 6.20. The van der Waals surface area contributed by atoms with Gasteiger partial charge in [-0.25, -0.2) is 64.4 Å². The Balaban J connectivity index is 0.000000170. The third-order valence-corrected chi connectivity index (χ3v) is 12.0. The number of hydrogen-bond donors (Lipinski definition) is 0. The quantitative estimate of drug-likeness (QED) is 0.141. The van der Waals surface area contributed by atoms with Crippen LogP contribution in [0.3, 0.4) is 0 Å².